The fourth-order valence-electron chi connectivity index (χ4n) is 0.624. The Morgan fingerprint density at radius 2 is 2.57 bits per heavy atom. The van der Waals surface area contributed by atoms with Crippen molar-refractivity contribution in [3.63, 3.8) is 0 Å². The first kappa shape index (κ1) is 5.51. The maximum absolute atomic E-state index is 10.0. The summed E-state index contributed by atoms with van der Waals surface area (Å²) in [5.74, 6) is 1.19. The van der Waals surface area contributed by atoms with E-state index in [4.69, 9.17) is 0 Å². The molecule has 0 aromatic heterocycles. The summed E-state index contributed by atoms with van der Waals surface area (Å²) < 4.78 is 10.4. The van der Waals surface area contributed by atoms with Crippen LogP contribution < -0.4 is 0 Å². The second kappa shape index (κ2) is 2.62. The van der Waals surface area contributed by atoms with Gasteiger partial charge >= 0.3 is 11.7 Å². The van der Waals surface area contributed by atoms with Gasteiger partial charge in [0.15, 0.2) is 0 Å². The predicted octanol–water partition coefficient (Wildman–Crippen LogP) is 1.27. The van der Waals surface area contributed by atoms with E-state index in [1.165, 1.54) is 12.2 Å². The van der Waals surface area contributed by atoms with Gasteiger partial charge in [0, 0.05) is 10.6 Å². The van der Waals surface area contributed by atoms with Crippen molar-refractivity contribution in [1.29, 1.82) is 0 Å². The van der Waals surface area contributed by atoms with E-state index in [-0.39, 0.29) is 0 Å². The summed E-state index contributed by atoms with van der Waals surface area (Å²) in [6, 6.07) is 0. The molecule has 1 nitrogen and oxygen atoms in total. The molecule has 3 heteroatoms. The molecule has 1 rings (SSSR count). The molecule has 1 unspecified atom stereocenters. The van der Waals surface area contributed by atoms with Crippen LogP contribution in [0.15, 0.2) is 0 Å². The van der Waals surface area contributed by atoms with Crippen LogP contribution in [-0.2, 0) is 15.9 Å². The SMILES string of the molecule is O=[S+]C1CCCS1. The van der Waals surface area contributed by atoms with Crippen molar-refractivity contribution < 1.29 is 4.21 Å². The summed E-state index contributed by atoms with van der Waals surface area (Å²) >= 11 is 2.54. The molecular formula is C4H7OS2+. The van der Waals surface area contributed by atoms with Gasteiger partial charge in [0.2, 0.25) is 0 Å². The minimum atomic E-state index is 0.375. The van der Waals surface area contributed by atoms with Gasteiger partial charge in [0.1, 0.15) is 0 Å². The highest BCUT2D eigenvalue weighted by Crippen LogP contribution is 2.24. The van der Waals surface area contributed by atoms with Crippen molar-refractivity contribution in [2.75, 3.05) is 5.75 Å². The maximum Gasteiger partial charge on any atom is 0.473 e. The molecule has 1 saturated heterocycles. The van der Waals surface area contributed by atoms with E-state index in [1.807, 2.05) is 0 Å². The standard InChI is InChI=1S/C4H7OS2/c5-7-4-2-1-3-6-4/h4H,1-3H2/q+1. The Balaban J connectivity index is 2.26. The van der Waals surface area contributed by atoms with Crippen LogP contribution in [0.3, 0.4) is 0 Å². The van der Waals surface area contributed by atoms with Gasteiger partial charge in [-0.25, -0.2) is 0 Å². The van der Waals surface area contributed by atoms with Gasteiger partial charge in [-0.1, -0.05) is 11.8 Å². The highest BCUT2D eigenvalue weighted by molar-refractivity contribution is 8.07. The molecule has 0 saturated carbocycles. The Kier molecular flexibility index (Phi) is 2.06. The third kappa shape index (κ3) is 1.39. The van der Waals surface area contributed by atoms with E-state index in [0.717, 1.165) is 18.1 Å². The molecule has 0 aromatic carbocycles. The fourth-order valence-corrected chi connectivity index (χ4v) is 2.33. The van der Waals surface area contributed by atoms with Crippen molar-refractivity contribution in [3.05, 3.63) is 0 Å². The Hall–Kier alpha value is 0.370. The van der Waals surface area contributed by atoms with Gasteiger partial charge in [-0.05, 0) is 12.2 Å². The van der Waals surface area contributed by atoms with Crippen LogP contribution in [0.25, 0.3) is 0 Å². The molecular weight excluding hydrogens is 128 g/mol. The third-order valence-corrected chi connectivity index (χ3v) is 3.22. The van der Waals surface area contributed by atoms with Crippen molar-refractivity contribution >= 4 is 23.4 Å². The zero-order chi connectivity index (χ0) is 5.11. The largest absolute Gasteiger partial charge is 0.473 e. The Bertz CT molecular complexity index is 68.1. The van der Waals surface area contributed by atoms with Gasteiger partial charge < -0.3 is 0 Å². The van der Waals surface area contributed by atoms with Crippen LogP contribution in [-0.4, -0.2) is 10.3 Å². The van der Waals surface area contributed by atoms with E-state index in [0.29, 0.717) is 4.58 Å². The molecule has 1 atom stereocenters. The molecule has 7 heavy (non-hydrogen) atoms. The minimum Gasteiger partial charge on any atom is -0.0908 e. The van der Waals surface area contributed by atoms with E-state index in [2.05, 4.69) is 0 Å². The van der Waals surface area contributed by atoms with Crippen LogP contribution in [0.1, 0.15) is 12.8 Å². The van der Waals surface area contributed by atoms with Crippen LogP contribution in [0.4, 0.5) is 0 Å². The average Bonchev–Trinajstić information content (AvgIpc) is 2.14. The lowest BCUT2D eigenvalue weighted by molar-refractivity contribution is 0.602. The summed E-state index contributed by atoms with van der Waals surface area (Å²) in [5.41, 5.74) is 0. The van der Waals surface area contributed by atoms with Crippen LogP contribution in [0.2, 0.25) is 0 Å². The number of thioether (sulfide) groups is 1. The molecule has 1 aliphatic rings. The van der Waals surface area contributed by atoms with E-state index < -0.39 is 0 Å². The Morgan fingerprint density at radius 3 is 2.86 bits per heavy atom. The van der Waals surface area contributed by atoms with E-state index in [1.54, 1.807) is 11.8 Å². The van der Waals surface area contributed by atoms with E-state index in [9.17, 15) is 4.21 Å². The lowest BCUT2D eigenvalue weighted by atomic mass is 10.4. The van der Waals surface area contributed by atoms with Crippen molar-refractivity contribution in [2.24, 2.45) is 0 Å². The average molecular weight is 135 g/mol. The monoisotopic (exact) mass is 135 g/mol. The van der Waals surface area contributed by atoms with Gasteiger partial charge in [0.05, 0.1) is 0 Å². The molecule has 0 radical (unpaired) electrons. The zero-order valence-corrected chi connectivity index (χ0v) is 5.56. The minimum absolute atomic E-state index is 0.375. The van der Waals surface area contributed by atoms with Crippen molar-refractivity contribution in [1.82, 2.24) is 0 Å². The lowest BCUT2D eigenvalue weighted by Gasteiger charge is -1.74. The molecule has 40 valence electrons. The molecule has 0 aliphatic carbocycles. The first-order valence-electron chi connectivity index (χ1n) is 2.33. The number of hydrogen-bond donors (Lipinski definition) is 0. The smallest absolute Gasteiger partial charge is 0.0908 e. The molecule has 0 aromatic rings. The second-order valence-corrected chi connectivity index (χ2v) is 3.91. The zero-order valence-electron chi connectivity index (χ0n) is 3.92. The summed E-state index contributed by atoms with van der Waals surface area (Å²) in [4.78, 5) is 0. The normalized spacial score (nSPS) is 30.6. The van der Waals surface area contributed by atoms with Crippen LogP contribution in [0.5, 0.6) is 0 Å². The van der Waals surface area contributed by atoms with Crippen LogP contribution >= 0.6 is 11.8 Å². The molecule has 0 N–H and O–H groups in total. The summed E-state index contributed by atoms with van der Waals surface area (Å²) in [5, 5.41) is 0. The van der Waals surface area contributed by atoms with Gasteiger partial charge in [0.25, 0.3) is 4.58 Å². The van der Waals surface area contributed by atoms with E-state index >= 15 is 0 Å². The highest BCUT2D eigenvalue weighted by atomic mass is 32.2. The maximum atomic E-state index is 10.0. The molecule has 0 bridgehead atoms. The molecule has 1 heterocycles. The third-order valence-electron chi connectivity index (χ3n) is 0.995. The summed E-state index contributed by atoms with van der Waals surface area (Å²) in [7, 11) is 0. The molecule has 1 fully saturated rings. The second-order valence-electron chi connectivity index (χ2n) is 1.54. The van der Waals surface area contributed by atoms with Crippen LogP contribution in [0, 0.1) is 0 Å². The van der Waals surface area contributed by atoms with Crippen molar-refractivity contribution in [3.8, 4) is 0 Å². The molecule has 0 spiro atoms. The first-order valence-corrected chi connectivity index (χ1v) is 4.19. The number of hydrogen-bond acceptors (Lipinski definition) is 2. The highest BCUT2D eigenvalue weighted by Gasteiger charge is 2.26. The summed E-state index contributed by atoms with van der Waals surface area (Å²) in [6.07, 6.45) is 2.36. The topological polar surface area (TPSA) is 17.1 Å². The molecule has 0 amide bonds. The fraction of sp³-hybridized carbons (Fsp3) is 1.00. The predicted molar refractivity (Wildman–Crippen MR) is 33.5 cm³/mol. The Morgan fingerprint density at radius 1 is 1.71 bits per heavy atom. The van der Waals surface area contributed by atoms with Crippen molar-refractivity contribution in [2.45, 2.75) is 17.4 Å². The van der Waals surface area contributed by atoms with Gasteiger partial charge in [-0.3, -0.25) is 0 Å². The summed E-state index contributed by atoms with van der Waals surface area (Å²) in [6.45, 7) is 0. The molecule has 1 aliphatic heterocycles. The lowest BCUT2D eigenvalue weighted by Crippen LogP contribution is -1.88. The first-order chi connectivity index (χ1) is 3.43. The van der Waals surface area contributed by atoms with Gasteiger partial charge in [-0.15, -0.1) is 0 Å². The number of rotatable bonds is 1. The quantitative estimate of drug-likeness (QED) is 0.504. The van der Waals surface area contributed by atoms with Gasteiger partial charge in [-0.2, -0.15) is 0 Å². The Labute approximate surface area is 51.4 Å².